The molecule has 0 aliphatic carbocycles. The molecule has 2 heterocycles. The van der Waals surface area contributed by atoms with Crippen LogP contribution in [0.4, 0.5) is 0 Å². The zero-order chi connectivity index (χ0) is 14.1. The predicted molar refractivity (Wildman–Crippen MR) is 73.8 cm³/mol. The van der Waals surface area contributed by atoms with E-state index in [1.165, 1.54) is 0 Å². The first kappa shape index (κ1) is 12.7. The van der Waals surface area contributed by atoms with E-state index in [2.05, 4.69) is 15.1 Å². The zero-order valence-electron chi connectivity index (χ0n) is 10.9. The number of aliphatic hydroxyl groups is 1. The molecular formula is C14H14N4O2. The maximum atomic E-state index is 8.99. The number of aliphatic hydroxyl groups excluding tert-OH is 1. The Hall–Kier alpha value is -2.31. The highest BCUT2D eigenvalue weighted by Crippen LogP contribution is 2.23. The molecule has 6 heteroatoms. The van der Waals surface area contributed by atoms with Crippen LogP contribution in [0.15, 0.2) is 34.9 Å². The zero-order valence-corrected chi connectivity index (χ0v) is 10.9. The van der Waals surface area contributed by atoms with Crippen molar-refractivity contribution < 1.29 is 9.63 Å². The van der Waals surface area contributed by atoms with Gasteiger partial charge in [-0.2, -0.15) is 4.98 Å². The minimum Gasteiger partial charge on any atom is -0.394 e. The second kappa shape index (κ2) is 4.99. The third-order valence-corrected chi connectivity index (χ3v) is 3.11. The first-order valence-electron chi connectivity index (χ1n) is 6.26. The summed E-state index contributed by atoms with van der Waals surface area (Å²) in [5, 5.41) is 13.9. The van der Waals surface area contributed by atoms with Gasteiger partial charge in [0.15, 0.2) is 0 Å². The Balaban J connectivity index is 2.08. The molecule has 0 bridgehead atoms. The molecule has 3 aromatic rings. The molecule has 2 aromatic heterocycles. The van der Waals surface area contributed by atoms with Crippen molar-refractivity contribution in [2.75, 3.05) is 6.61 Å². The molecule has 0 aliphatic heterocycles. The van der Waals surface area contributed by atoms with E-state index in [4.69, 9.17) is 15.4 Å². The fraction of sp³-hybridized carbons (Fsp3) is 0.214. The van der Waals surface area contributed by atoms with Gasteiger partial charge in [-0.3, -0.25) is 0 Å². The lowest BCUT2D eigenvalue weighted by atomic mass is 10.1. The van der Waals surface area contributed by atoms with E-state index >= 15 is 0 Å². The second-order valence-corrected chi connectivity index (χ2v) is 4.59. The summed E-state index contributed by atoms with van der Waals surface area (Å²) < 4.78 is 5.04. The SMILES string of the molecule is Cc1cc(-c2noc([C@@H](N)CO)n2)nc2ccccc12. The van der Waals surface area contributed by atoms with Gasteiger partial charge in [0.2, 0.25) is 11.7 Å². The maximum absolute atomic E-state index is 8.99. The highest BCUT2D eigenvalue weighted by atomic mass is 16.5. The Morgan fingerprint density at radius 2 is 2.10 bits per heavy atom. The van der Waals surface area contributed by atoms with Crippen LogP contribution in [0, 0.1) is 6.92 Å². The molecule has 0 amide bonds. The van der Waals surface area contributed by atoms with Crippen molar-refractivity contribution in [3.8, 4) is 11.5 Å². The van der Waals surface area contributed by atoms with E-state index in [1.54, 1.807) is 0 Å². The molecule has 3 rings (SSSR count). The molecule has 0 radical (unpaired) electrons. The number of hydrogen-bond donors (Lipinski definition) is 2. The highest BCUT2D eigenvalue weighted by molar-refractivity contribution is 5.84. The molecule has 0 saturated heterocycles. The van der Waals surface area contributed by atoms with Gasteiger partial charge in [-0.15, -0.1) is 0 Å². The molecule has 6 nitrogen and oxygen atoms in total. The van der Waals surface area contributed by atoms with Crippen LogP contribution in [0.3, 0.4) is 0 Å². The summed E-state index contributed by atoms with van der Waals surface area (Å²) in [6.07, 6.45) is 0. The molecule has 1 atom stereocenters. The topological polar surface area (TPSA) is 98.1 Å². The number of fused-ring (bicyclic) bond motifs is 1. The predicted octanol–water partition coefficient (Wildman–Crippen LogP) is 1.59. The fourth-order valence-corrected chi connectivity index (χ4v) is 2.03. The second-order valence-electron chi connectivity index (χ2n) is 4.59. The van der Waals surface area contributed by atoms with Crippen molar-refractivity contribution in [3.63, 3.8) is 0 Å². The largest absolute Gasteiger partial charge is 0.394 e. The Morgan fingerprint density at radius 3 is 2.90 bits per heavy atom. The lowest BCUT2D eigenvalue weighted by molar-refractivity contribution is 0.237. The van der Waals surface area contributed by atoms with E-state index in [0.29, 0.717) is 11.5 Å². The van der Waals surface area contributed by atoms with Crippen molar-refractivity contribution in [3.05, 3.63) is 41.8 Å². The molecule has 0 unspecified atom stereocenters. The number of nitrogens with two attached hydrogens (primary N) is 1. The van der Waals surface area contributed by atoms with Crippen LogP contribution in [-0.4, -0.2) is 26.8 Å². The Bertz CT molecular complexity index is 754. The van der Waals surface area contributed by atoms with E-state index in [9.17, 15) is 0 Å². The smallest absolute Gasteiger partial charge is 0.246 e. The van der Waals surface area contributed by atoms with Crippen molar-refractivity contribution >= 4 is 10.9 Å². The van der Waals surface area contributed by atoms with Crippen LogP contribution in [0.2, 0.25) is 0 Å². The number of rotatable bonds is 3. The summed E-state index contributed by atoms with van der Waals surface area (Å²) in [6, 6.07) is 9.10. The molecule has 20 heavy (non-hydrogen) atoms. The summed E-state index contributed by atoms with van der Waals surface area (Å²) in [6.45, 7) is 1.76. The lowest BCUT2D eigenvalue weighted by Crippen LogP contribution is -2.14. The number of aromatic nitrogens is 3. The van der Waals surface area contributed by atoms with Crippen molar-refractivity contribution in [1.29, 1.82) is 0 Å². The van der Waals surface area contributed by atoms with E-state index in [0.717, 1.165) is 16.5 Å². The maximum Gasteiger partial charge on any atom is 0.246 e. The van der Waals surface area contributed by atoms with Gasteiger partial charge in [0, 0.05) is 5.39 Å². The molecule has 102 valence electrons. The van der Waals surface area contributed by atoms with Gasteiger partial charge >= 0.3 is 0 Å². The van der Waals surface area contributed by atoms with E-state index in [1.807, 2.05) is 37.3 Å². The molecule has 3 N–H and O–H groups in total. The molecule has 0 spiro atoms. The monoisotopic (exact) mass is 270 g/mol. The molecule has 0 fully saturated rings. The molecule has 1 aromatic carbocycles. The van der Waals surface area contributed by atoms with Gasteiger partial charge in [-0.05, 0) is 24.6 Å². The van der Waals surface area contributed by atoms with Crippen LogP contribution < -0.4 is 5.73 Å². The molecular weight excluding hydrogens is 256 g/mol. The quantitative estimate of drug-likeness (QED) is 0.750. The summed E-state index contributed by atoms with van der Waals surface area (Å²) in [5.74, 6) is 0.577. The standard InChI is InChI=1S/C14H14N4O2/c1-8-6-12(16-11-5-3-2-4-9(8)11)13-17-14(20-18-13)10(15)7-19/h2-6,10,19H,7,15H2,1H3/t10-/m0/s1. The third-order valence-electron chi connectivity index (χ3n) is 3.11. The number of benzene rings is 1. The van der Waals surface area contributed by atoms with Crippen LogP contribution in [0.1, 0.15) is 17.5 Å². The summed E-state index contributed by atoms with van der Waals surface area (Å²) in [5.41, 5.74) is 8.23. The minimum atomic E-state index is -0.669. The number of hydrogen-bond acceptors (Lipinski definition) is 6. The van der Waals surface area contributed by atoms with Gasteiger partial charge in [0.25, 0.3) is 0 Å². The van der Waals surface area contributed by atoms with E-state index < -0.39 is 6.04 Å². The Morgan fingerprint density at radius 1 is 1.30 bits per heavy atom. The van der Waals surface area contributed by atoms with Crippen LogP contribution in [0.5, 0.6) is 0 Å². The molecule has 0 saturated carbocycles. The highest BCUT2D eigenvalue weighted by Gasteiger charge is 2.16. The van der Waals surface area contributed by atoms with Gasteiger partial charge in [0.1, 0.15) is 11.7 Å². The summed E-state index contributed by atoms with van der Waals surface area (Å²) in [7, 11) is 0. The number of nitrogens with zero attached hydrogens (tertiary/aromatic N) is 3. The lowest BCUT2D eigenvalue weighted by Gasteiger charge is -2.03. The van der Waals surface area contributed by atoms with Crippen molar-refractivity contribution in [2.45, 2.75) is 13.0 Å². The van der Waals surface area contributed by atoms with Crippen molar-refractivity contribution in [1.82, 2.24) is 15.1 Å². The Labute approximate surface area is 115 Å². The normalized spacial score (nSPS) is 12.8. The van der Waals surface area contributed by atoms with E-state index in [-0.39, 0.29) is 12.5 Å². The van der Waals surface area contributed by atoms with Gasteiger partial charge in [0.05, 0.1) is 12.1 Å². The third kappa shape index (κ3) is 2.15. The number of aryl methyl sites for hydroxylation is 1. The summed E-state index contributed by atoms with van der Waals surface area (Å²) in [4.78, 5) is 8.69. The van der Waals surface area contributed by atoms with Crippen molar-refractivity contribution in [2.24, 2.45) is 5.73 Å². The Kier molecular flexibility index (Phi) is 3.17. The minimum absolute atomic E-state index is 0.204. The van der Waals surface area contributed by atoms with Gasteiger partial charge < -0.3 is 15.4 Å². The average molecular weight is 270 g/mol. The fourth-order valence-electron chi connectivity index (χ4n) is 2.03. The van der Waals surface area contributed by atoms with Gasteiger partial charge in [-0.1, -0.05) is 23.4 Å². The van der Waals surface area contributed by atoms with Crippen LogP contribution in [-0.2, 0) is 0 Å². The first-order valence-corrected chi connectivity index (χ1v) is 6.26. The average Bonchev–Trinajstić information content (AvgIpc) is 2.96. The van der Waals surface area contributed by atoms with Crippen LogP contribution in [0.25, 0.3) is 22.4 Å². The van der Waals surface area contributed by atoms with Crippen LogP contribution >= 0.6 is 0 Å². The number of pyridine rings is 1. The number of para-hydroxylation sites is 1. The summed E-state index contributed by atoms with van der Waals surface area (Å²) >= 11 is 0. The molecule has 0 aliphatic rings. The first-order chi connectivity index (χ1) is 9.69. The van der Waals surface area contributed by atoms with Gasteiger partial charge in [-0.25, -0.2) is 4.98 Å².